The molecule has 0 fully saturated rings. The van der Waals surface area contributed by atoms with Gasteiger partial charge in [0, 0.05) is 17.8 Å². The average molecular weight is 339 g/mol. The maximum absolute atomic E-state index is 12.3. The molecule has 0 aliphatic rings. The highest BCUT2D eigenvalue weighted by atomic mass is 32.2. The lowest BCUT2D eigenvalue weighted by molar-refractivity contribution is -0.772. The first-order chi connectivity index (χ1) is 10.9. The van der Waals surface area contributed by atoms with Crippen molar-refractivity contribution in [1.82, 2.24) is 5.27 Å². The standard InChI is InChI=1S/C13H14N4O5S/c1-3-10(23-12-13(19)22-15-16(12)2)11(18)14-8-4-6-9(7-5-8)17(20)21/h4-7,10H,3H2,1-2H3,(H-,14,15,18,19)/p+1. The van der Waals surface area contributed by atoms with Gasteiger partial charge in [-0.3, -0.25) is 19.4 Å². The minimum Gasteiger partial charge on any atom is -0.325 e. The van der Waals surface area contributed by atoms with Gasteiger partial charge in [-0.2, -0.15) is 0 Å². The van der Waals surface area contributed by atoms with Crippen LogP contribution in [-0.2, 0) is 11.8 Å². The number of carbonyl (C=O) groups excluding carboxylic acids is 1. The SMILES string of the molecule is CCC(Sc1c(=O)o[nH][n+]1C)C(=O)Nc1ccc([N+](=O)[O-])cc1. The fraction of sp³-hybridized carbons (Fsp3) is 0.308. The smallest absolute Gasteiger partial charge is 0.325 e. The second-order valence-corrected chi connectivity index (χ2v) is 5.84. The van der Waals surface area contributed by atoms with Gasteiger partial charge in [-0.25, -0.2) is 4.79 Å². The van der Waals surface area contributed by atoms with E-state index >= 15 is 0 Å². The number of H-pyrrole nitrogens is 1. The Hall–Kier alpha value is -2.62. The summed E-state index contributed by atoms with van der Waals surface area (Å²) in [7, 11) is 1.61. The zero-order chi connectivity index (χ0) is 17.0. The Labute approximate surface area is 134 Å². The van der Waals surface area contributed by atoms with Crippen molar-refractivity contribution in [3.8, 4) is 0 Å². The number of benzene rings is 1. The van der Waals surface area contributed by atoms with Crippen LogP contribution in [0.4, 0.5) is 11.4 Å². The normalized spacial score (nSPS) is 11.9. The van der Waals surface area contributed by atoms with Crippen LogP contribution in [0.25, 0.3) is 0 Å². The highest BCUT2D eigenvalue weighted by Crippen LogP contribution is 2.22. The van der Waals surface area contributed by atoms with E-state index in [1.807, 2.05) is 6.92 Å². The third kappa shape index (κ3) is 3.97. The van der Waals surface area contributed by atoms with Crippen LogP contribution in [0.2, 0.25) is 0 Å². The number of nitrogens with one attached hydrogen (secondary N) is 2. The molecule has 1 unspecified atom stereocenters. The van der Waals surface area contributed by atoms with Crippen LogP contribution in [0, 0.1) is 10.1 Å². The summed E-state index contributed by atoms with van der Waals surface area (Å²) in [5, 5.41) is 15.4. The first-order valence-corrected chi connectivity index (χ1v) is 7.59. The van der Waals surface area contributed by atoms with Crippen LogP contribution in [0.15, 0.2) is 38.6 Å². The van der Waals surface area contributed by atoms with E-state index in [-0.39, 0.29) is 16.6 Å². The molecule has 1 aromatic heterocycles. The molecule has 2 rings (SSSR count). The van der Waals surface area contributed by atoms with Crippen LogP contribution in [0.1, 0.15) is 13.3 Å². The quantitative estimate of drug-likeness (QED) is 0.353. The molecule has 0 radical (unpaired) electrons. The Kier molecular flexibility index (Phi) is 5.16. The summed E-state index contributed by atoms with van der Waals surface area (Å²) in [6.07, 6.45) is 0.494. The molecule has 0 saturated carbocycles. The molecular weight excluding hydrogens is 324 g/mol. The number of hydrogen-bond donors (Lipinski definition) is 2. The summed E-state index contributed by atoms with van der Waals surface area (Å²) in [6, 6.07) is 5.53. The molecule has 0 spiro atoms. The highest BCUT2D eigenvalue weighted by Gasteiger charge is 2.27. The Morgan fingerprint density at radius 1 is 1.48 bits per heavy atom. The van der Waals surface area contributed by atoms with Crippen LogP contribution in [-0.4, -0.2) is 21.4 Å². The van der Waals surface area contributed by atoms with E-state index in [2.05, 4.69) is 15.1 Å². The lowest BCUT2D eigenvalue weighted by Gasteiger charge is -2.11. The number of non-ortho nitro benzene ring substituents is 1. The predicted octanol–water partition coefficient (Wildman–Crippen LogP) is 1.21. The number of nitro groups is 1. The molecule has 10 heteroatoms. The van der Waals surface area contributed by atoms with E-state index in [1.54, 1.807) is 7.05 Å². The Balaban J connectivity index is 2.08. The summed E-state index contributed by atoms with van der Waals surface area (Å²) >= 11 is 1.09. The molecule has 2 N–H and O–H groups in total. The van der Waals surface area contributed by atoms with Crippen molar-refractivity contribution in [2.24, 2.45) is 7.05 Å². The number of nitrogens with zero attached hydrogens (tertiary/aromatic N) is 2. The van der Waals surface area contributed by atoms with Gasteiger partial charge in [-0.1, -0.05) is 11.6 Å². The molecule has 1 aromatic carbocycles. The number of thioether (sulfide) groups is 1. The molecular formula is C13H15N4O5S+. The molecule has 0 saturated heterocycles. The van der Waals surface area contributed by atoms with E-state index in [0.717, 1.165) is 11.8 Å². The number of aryl methyl sites for hydroxylation is 1. The average Bonchev–Trinajstić information content (AvgIpc) is 2.84. The number of hydrogen-bond acceptors (Lipinski definition) is 6. The van der Waals surface area contributed by atoms with Crippen molar-refractivity contribution in [1.29, 1.82) is 0 Å². The Bertz CT molecular complexity index is 767. The Morgan fingerprint density at radius 3 is 2.61 bits per heavy atom. The van der Waals surface area contributed by atoms with Gasteiger partial charge in [0.2, 0.25) is 5.91 Å². The largest absolute Gasteiger partial charge is 0.441 e. The molecule has 23 heavy (non-hydrogen) atoms. The van der Waals surface area contributed by atoms with Crippen LogP contribution < -0.4 is 15.6 Å². The highest BCUT2D eigenvalue weighted by molar-refractivity contribution is 8.00. The number of aromatic amines is 1. The van der Waals surface area contributed by atoms with E-state index in [4.69, 9.17) is 0 Å². The number of rotatable bonds is 6. The lowest BCUT2D eigenvalue weighted by Crippen LogP contribution is -2.35. The molecule has 9 nitrogen and oxygen atoms in total. The predicted molar refractivity (Wildman–Crippen MR) is 82.2 cm³/mol. The van der Waals surface area contributed by atoms with Gasteiger partial charge in [0.15, 0.2) is 7.05 Å². The summed E-state index contributed by atoms with van der Waals surface area (Å²) in [4.78, 5) is 33.9. The zero-order valence-electron chi connectivity index (χ0n) is 12.4. The minimum atomic E-state index is -0.543. The van der Waals surface area contributed by atoms with Crippen LogP contribution in [0.5, 0.6) is 0 Å². The fourth-order valence-corrected chi connectivity index (χ4v) is 2.74. The van der Waals surface area contributed by atoms with Gasteiger partial charge in [-0.05, 0) is 35.6 Å². The number of aromatic nitrogens is 2. The Morgan fingerprint density at radius 2 is 2.13 bits per heavy atom. The van der Waals surface area contributed by atoms with E-state index < -0.39 is 15.8 Å². The molecule has 0 aliphatic heterocycles. The molecule has 2 aromatic rings. The number of anilines is 1. The summed E-state index contributed by atoms with van der Waals surface area (Å²) in [5.74, 6) is -0.299. The molecule has 0 bridgehead atoms. The third-order valence-corrected chi connectivity index (χ3v) is 4.51. The van der Waals surface area contributed by atoms with Crippen molar-refractivity contribution >= 4 is 29.0 Å². The van der Waals surface area contributed by atoms with Crippen molar-refractivity contribution in [2.45, 2.75) is 23.6 Å². The monoisotopic (exact) mass is 339 g/mol. The summed E-state index contributed by atoms with van der Waals surface area (Å²) in [6.45, 7) is 1.82. The number of amides is 1. The van der Waals surface area contributed by atoms with Gasteiger partial charge in [0.05, 0.1) is 10.2 Å². The van der Waals surface area contributed by atoms with Crippen molar-refractivity contribution in [2.75, 3.05) is 5.32 Å². The lowest BCUT2D eigenvalue weighted by atomic mass is 10.2. The van der Waals surface area contributed by atoms with Crippen molar-refractivity contribution in [3.05, 3.63) is 44.8 Å². The molecule has 1 atom stereocenters. The number of nitro benzene ring substituents is 1. The third-order valence-electron chi connectivity index (χ3n) is 3.02. The van der Waals surface area contributed by atoms with Gasteiger partial charge in [0.25, 0.3) is 5.69 Å². The minimum absolute atomic E-state index is 0.0543. The van der Waals surface area contributed by atoms with Crippen LogP contribution >= 0.6 is 11.8 Å². The molecule has 1 amide bonds. The van der Waals surface area contributed by atoms with E-state index in [0.29, 0.717) is 12.1 Å². The van der Waals surface area contributed by atoms with Gasteiger partial charge < -0.3 is 5.32 Å². The van der Waals surface area contributed by atoms with Gasteiger partial charge >= 0.3 is 10.7 Å². The summed E-state index contributed by atoms with van der Waals surface area (Å²) < 4.78 is 6.04. The second kappa shape index (κ2) is 7.09. The van der Waals surface area contributed by atoms with E-state index in [1.165, 1.54) is 28.9 Å². The topological polar surface area (TPSA) is 122 Å². The number of carbonyl (C=O) groups is 1. The van der Waals surface area contributed by atoms with Crippen molar-refractivity contribution in [3.63, 3.8) is 0 Å². The second-order valence-electron chi connectivity index (χ2n) is 4.65. The summed E-state index contributed by atoms with van der Waals surface area (Å²) in [5.41, 5.74) is -0.148. The van der Waals surface area contributed by atoms with Gasteiger partial charge in [-0.15, -0.1) is 0 Å². The van der Waals surface area contributed by atoms with E-state index in [9.17, 15) is 19.7 Å². The maximum Gasteiger partial charge on any atom is 0.441 e. The molecule has 1 heterocycles. The van der Waals surface area contributed by atoms with Crippen LogP contribution in [0.3, 0.4) is 0 Å². The zero-order valence-corrected chi connectivity index (χ0v) is 13.3. The van der Waals surface area contributed by atoms with Crippen molar-refractivity contribution < 1.29 is 18.9 Å². The fourth-order valence-electron chi connectivity index (χ4n) is 1.81. The molecule has 0 aliphatic carbocycles. The first kappa shape index (κ1) is 16.7. The maximum atomic E-state index is 12.3. The van der Waals surface area contributed by atoms with Gasteiger partial charge in [0.1, 0.15) is 0 Å². The molecule has 122 valence electrons. The first-order valence-electron chi connectivity index (χ1n) is 6.71.